The summed E-state index contributed by atoms with van der Waals surface area (Å²) in [6, 6.07) is 12.2. The second kappa shape index (κ2) is 6.57. The molecule has 2 rings (SSSR count). The smallest absolute Gasteiger partial charge is 0.119 e. The second-order valence-electron chi connectivity index (χ2n) is 4.26. The largest absolute Gasteiger partial charge is 0.494 e. The van der Waals surface area contributed by atoms with Crippen LogP contribution in [0.15, 0.2) is 41.8 Å². The first-order valence-electron chi connectivity index (χ1n) is 6.33. The summed E-state index contributed by atoms with van der Waals surface area (Å²) in [6.45, 7) is 2.94. The quantitative estimate of drug-likeness (QED) is 0.798. The number of thiophene rings is 1. The van der Waals surface area contributed by atoms with E-state index in [9.17, 15) is 0 Å². The molecule has 0 saturated heterocycles. The first-order chi connectivity index (χ1) is 8.81. The molecule has 2 nitrogen and oxygen atoms in total. The van der Waals surface area contributed by atoms with Gasteiger partial charge in [-0.3, -0.25) is 0 Å². The third kappa shape index (κ3) is 3.34. The van der Waals surface area contributed by atoms with E-state index in [0.29, 0.717) is 0 Å². The van der Waals surface area contributed by atoms with Crippen molar-refractivity contribution in [3.63, 3.8) is 0 Å². The predicted octanol–water partition coefficient (Wildman–Crippen LogP) is 3.98. The molecule has 1 aromatic heterocycles. The maximum atomic E-state index is 6.20. The molecule has 1 aromatic carbocycles. The van der Waals surface area contributed by atoms with E-state index in [1.165, 1.54) is 4.88 Å². The summed E-state index contributed by atoms with van der Waals surface area (Å²) in [5.74, 6) is 0.922. The van der Waals surface area contributed by atoms with Crippen LogP contribution < -0.4 is 10.5 Å². The van der Waals surface area contributed by atoms with Gasteiger partial charge in [0, 0.05) is 4.88 Å². The van der Waals surface area contributed by atoms with Gasteiger partial charge in [-0.05, 0) is 35.6 Å². The van der Waals surface area contributed by atoms with Crippen LogP contribution in [0.4, 0.5) is 0 Å². The van der Waals surface area contributed by atoms with E-state index < -0.39 is 0 Å². The van der Waals surface area contributed by atoms with Crippen molar-refractivity contribution in [2.75, 3.05) is 6.61 Å². The fourth-order valence-corrected chi connectivity index (χ4v) is 2.49. The highest BCUT2D eigenvalue weighted by atomic mass is 32.1. The lowest BCUT2D eigenvalue weighted by Gasteiger charge is -2.11. The summed E-state index contributed by atoms with van der Waals surface area (Å²) in [7, 11) is 0. The van der Waals surface area contributed by atoms with Gasteiger partial charge < -0.3 is 10.5 Å². The van der Waals surface area contributed by atoms with Gasteiger partial charge in [0.25, 0.3) is 0 Å². The Morgan fingerprint density at radius 1 is 1.22 bits per heavy atom. The number of hydrogen-bond acceptors (Lipinski definition) is 3. The van der Waals surface area contributed by atoms with Crippen molar-refractivity contribution in [2.24, 2.45) is 5.73 Å². The fraction of sp³-hybridized carbons (Fsp3) is 0.333. The SMILES string of the molecule is CCCCOc1ccc(C(N)c2cccs2)cc1. The zero-order chi connectivity index (χ0) is 12.8. The first-order valence-corrected chi connectivity index (χ1v) is 7.21. The van der Waals surface area contributed by atoms with Crippen LogP contribution in [0, 0.1) is 0 Å². The number of benzene rings is 1. The molecule has 0 aliphatic carbocycles. The van der Waals surface area contributed by atoms with E-state index >= 15 is 0 Å². The molecule has 0 saturated carbocycles. The molecular formula is C15H19NOS. The summed E-state index contributed by atoms with van der Waals surface area (Å²) >= 11 is 1.69. The average Bonchev–Trinajstić information content (AvgIpc) is 2.93. The van der Waals surface area contributed by atoms with Crippen LogP contribution in [0.3, 0.4) is 0 Å². The highest BCUT2D eigenvalue weighted by Gasteiger charge is 2.09. The Kier molecular flexibility index (Phi) is 4.79. The standard InChI is InChI=1S/C15H19NOS/c1-2-3-10-17-13-8-6-12(7-9-13)15(16)14-5-4-11-18-14/h4-9,11,15H,2-3,10,16H2,1H3. The molecule has 3 heteroatoms. The fourth-order valence-electron chi connectivity index (χ4n) is 1.74. The molecule has 1 unspecified atom stereocenters. The van der Waals surface area contributed by atoms with Crippen molar-refractivity contribution < 1.29 is 4.74 Å². The van der Waals surface area contributed by atoms with E-state index in [4.69, 9.17) is 10.5 Å². The van der Waals surface area contributed by atoms with Gasteiger partial charge in [0.05, 0.1) is 12.6 Å². The highest BCUT2D eigenvalue weighted by Crippen LogP contribution is 2.25. The monoisotopic (exact) mass is 261 g/mol. The molecule has 0 bridgehead atoms. The Morgan fingerprint density at radius 3 is 2.61 bits per heavy atom. The Bertz CT molecular complexity index is 450. The van der Waals surface area contributed by atoms with Gasteiger partial charge in [-0.1, -0.05) is 31.5 Å². The van der Waals surface area contributed by atoms with Crippen molar-refractivity contribution in [1.82, 2.24) is 0 Å². The minimum absolute atomic E-state index is 0.0327. The third-order valence-electron chi connectivity index (χ3n) is 2.86. The minimum atomic E-state index is -0.0327. The van der Waals surface area contributed by atoms with Gasteiger partial charge in [0.15, 0.2) is 0 Å². The summed E-state index contributed by atoms with van der Waals surface area (Å²) in [6.07, 6.45) is 2.25. The Balaban J connectivity index is 1.99. The van der Waals surface area contributed by atoms with Crippen LogP contribution in [-0.4, -0.2) is 6.61 Å². The zero-order valence-corrected chi connectivity index (χ0v) is 11.5. The predicted molar refractivity (Wildman–Crippen MR) is 77.2 cm³/mol. The average molecular weight is 261 g/mol. The summed E-state index contributed by atoms with van der Waals surface area (Å²) in [5, 5.41) is 2.05. The van der Waals surface area contributed by atoms with E-state index in [1.807, 2.05) is 30.3 Å². The maximum absolute atomic E-state index is 6.20. The van der Waals surface area contributed by atoms with Gasteiger partial charge >= 0.3 is 0 Å². The molecule has 18 heavy (non-hydrogen) atoms. The molecule has 0 radical (unpaired) electrons. The van der Waals surface area contributed by atoms with E-state index in [-0.39, 0.29) is 6.04 Å². The molecule has 2 N–H and O–H groups in total. The minimum Gasteiger partial charge on any atom is -0.494 e. The van der Waals surface area contributed by atoms with Crippen molar-refractivity contribution in [3.8, 4) is 5.75 Å². The first kappa shape index (κ1) is 13.1. The normalized spacial score (nSPS) is 12.3. The van der Waals surface area contributed by atoms with Crippen molar-refractivity contribution in [2.45, 2.75) is 25.8 Å². The second-order valence-corrected chi connectivity index (χ2v) is 5.24. The van der Waals surface area contributed by atoms with Crippen LogP contribution in [0.5, 0.6) is 5.75 Å². The molecule has 0 amide bonds. The van der Waals surface area contributed by atoms with Crippen molar-refractivity contribution in [3.05, 3.63) is 52.2 Å². The molecule has 0 aliphatic rings. The summed E-state index contributed by atoms with van der Waals surface area (Å²) in [4.78, 5) is 1.19. The molecule has 1 heterocycles. The zero-order valence-electron chi connectivity index (χ0n) is 10.6. The van der Waals surface area contributed by atoms with Gasteiger partial charge in [-0.2, -0.15) is 0 Å². The lowest BCUT2D eigenvalue weighted by Crippen LogP contribution is -2.09. The molecule has 1 atom stereocenters. The van der Waals surface area contributed by atoms with Crippen LogP contribution in [0.25, 0.3) is 0 Å². The summed E-state index contributed by atoms with van der Waals surface area (Å²) < 4.78 is 5.63. The van der Waals surface area contributed by atoms with Crippen LogP contribution in [-0.2, 0) is 0 Å². The van der Waals surface area contributed by atoms with Crippen LogP contribution in [0.2, 0.25) is 0 Å². The number of ether oxygens (including phenoxy) is 1. The topological polar surface area (TPSA) is 35.2 Å². The van der Waals surface area contributed by atoms with Crippen LogP contribution >= 0.6 is 11.3 Å². The number of hydrogen-bond donors (Lipinski definition) is 1. The van der Waals surface area contributed by atoms with E-state index in [0.717, 1.165) is 30.8 Å². The van der Waals surface area contributed by atoms with E-state index in [2.05, 4.69) is 18.4 Å². The number of unbranched alkanes of at least 4 members (excludes halogenated alkanes) is 1. The maximum Gasteiger partial charge on any atom is 0.119 e. The van der Waals surface area contributed by atoms with Gasteiger partial charge in [0.2, 0.25) is 0 Å². The lowest BCUT2D eigenvalue weighted by molar-refractivity contribution is 0.309. The van der Waals surface area contributed by atoms with Gasteiger partial charge in [-0.25, -0.2) is 0 Å². The molecule has 0 spiro atoms. The third-order valence-corrected chi connectivity index (χ3v) is 3.81. The van der Waals surface area contributed by atoms with Crippen molar-refractivity contribution in [1.29, 1.82) is 0 Å². The molecule has 0 aliphatic heterocycles. The molecule has 2 aromatic rings. The van der Waals surface area contributed by atoms with Gasteiger partial charge in [-0.15, -0.1) is 11.3 Å². The Labute approximate surface area is 112 Å². The molecular weight excluding hydrogens is 242 g/mol. The molecule has 96 valence electrons. The Morgan fingerprint density at radius 2 is 2.00 bits per heavy atom. The number of rotatable bonds is 6. The van der Waals surface area contributed by atoms with E-state index in [1.54, 1.807) is 11.3 Å². The molecule has 0 fully saturated rings. The van der Waals surface area contributed by atoms with Crippen molar-refractivity contribution >= 4 is 11.3 Å². The van der Waals surface area contributed by atoms with Gasteiger partial charge in [0.1, 0.15) is 5.75 Å². The number of nitrogens with two attached hydrogens (primary N) is 1. The Hall–Kier alpha value is -1.32. The van der Waals surface area contributed by atoms with Crippen LogP contribution in [0.1, 0.15) is 36.2 Å². The summed E-state index contributed by atoms with van der Waals surface area (Å²) in [5.41, 5.74) is 7.33. The highest BCUT2D eigenvalue weighted by molar-refractivity contribution is 7.10. The lowest BCUT2D eigenvalue weighted by atomic mass is 10.1.